The summed E-state index contributed by atoms with van der Waals surface area (Å²) in [5.74, 6) is 1.01. The standard InChI is InChI=1S/C18H21N3/c1-15(17-10-6-3-7-11-17)20-18-19-12-13-21(18)14-16-8-4-2-5-9-16/h2-11,15H,12-14H2,1H3,(H,19,20). The van der Waals surface area contributed by atoms with E-state index in [1.54, 1.807) is 0 Å². The van der Waals surface area contributed by atoms with Crippen LogP contribution < -0.4 is 5.32 Å². The SMILES string of the molecule is CC(NC1=NCCN1Cc1ccccc1)c1ccccc1. The number of rotatable bonds is 4. The van der Waals surface area contributed by atoms with E-state index in [4.69, 9.17) is 0 Å². The fourth-order valence-corrected chi connectivity index (χ4v) is 2.60. The van der Waals surface area contributed by atoms with E-state index in [0.717, 1.165) is 25.6 Å². The van der Waals surface area contributed by atoms with Crippen LogP contribution in [0.5, 0.6) is 0 Å². The third kappa shape index (κ3) is 3.43. The zero-order chi connectivity index (χ0) is 14.5. The van der Waals surface area contributed by atoms with Crippen molar-refractivity contribution in [2.24, 2.45) is 4.99 Å². The van der Waals surface area contributed by atoms with Gasteiger partial charge in [-0.05, 0) is 18.1 Å². The fourth-order valence-electron chi connectivity index (χ4n) is 2.60. The van der Waals surface area contributed by atoms with Crippen LogP contribution in [0.1, 0.15) is 24.1 Å². The molecular weight excluding hydrogens is 258 g/mol. The number of benzene rings is 2. The van der Waals surface area contributed by atoms with Gasteiger partial charge in [0.05, 0.1) is 12.6 Å². The van der Waals surface area contributed by atoms with Gasteiger partial charge in [-0.2, -0.15) is 0 Å². The number of hydrogen-bond donors (Lipinski definition) is 1. The summed E-state index contributed by atoms with van der Waals surface area (Å²) in [5.41, 5.74) is 2.60. The predicted octanol–water partition coefficient (Wildman–Crippen LogP) is 3.21. The van der Waals surface area contributed by atoms with Gasteiger partial charge in [-0.1, -0.05) is 60.7 Å². The second-order valence-electron chi connectivity index (χ2n) is 5.39. The molecular formula is C18H21N3. The predicted molar refractivity (Wildman–Crippen MR) is 87.1 cm³/mol. The molecule has 0 fully saturated rings. The number of hydrogen-bond acceptors (Lipinski definition) is 3. The second kappa shape index (κ2) is 6.44. The monoisotopic (exact) mass is 279 g/mol. The maximum absolute atomic E-state index is 4.61. The van der Waals surface area contributed by atoms with E-state index in [2.05, 4.69) is 76.7 Å². The first kappa shape index (κ1) is 13.7. The maximum Gasteiger partial charge on any atom is 0.194 e. The number of guanidine groups is 1. The average molecular weight is 279 g/mol. The Morgan fingerprint density at radius 3 is 2.43 bits per heavy atom. The number of nitrogens with one attached hydrogen (secondary N) is 1. The third-order valence-electron chi connectivity index (χ3n) is 3.79. The molecule has 1 aliphatic heterocycles. The van der Waals surface area contributed by atoms with E-state index in [1.807, 2.05) is 6.07 Å². The summed E-state index contributed by atoms with van der Waals surface area (Å²) >= 11 is 0. The minimum atomic E-state index is 0.265. The highest BCUT2D eigenvalue weighted by atomic mass is 15.3. The van der Waals surface area contributed by atoms with Crippen molar-refractivity contribution < 1.29 is 0 Å². The van der Waals surface area contributed by atoms with E-state index in [9.17, 15) is 0 Å². The Labute approximate surface area is 126 Å². The van der Waals surface area contributed by atoms with Crippen LogP contribution in [0.15, 0.2) is 65.7 Å². The van der Waals surface area contributed by atoms with Gasteiger partial charge < -0.3 is 10.2 Å². The molecule has 1 N–H and O–H groups in total. The summed E-state index contributed by atoms with van der Waals surface area (Å²) in [6.07, 6.45) is 0. The van der Waals surface area contributed by atoms with Crippen molar-refractivity contribution in [3.05, 3.63) is 71.8 Å². The minimum absolute atomic E-state index is 0.265. The van der Waals surface area contributed by atoms with E-state index >= 15 is 0 Å². The molecule has 1 aliphatic rings. The van der Waals surface area contributed by atoms with Crippen molar-refractivity contribution in [1.29, 1.82) is 0 Å². The summed E-state index contributed by atoms with van der Waals surface area (Å²) in [7, 11) is 0. The third-order valence-corrected chi connectivity index (χ3v) is 3.79. The largest absolute Gasteiger partial charge is 0.350 e. The summed E-state index contributed by atoms with van der Waals surface area (Å²) < 4.78 is 0. The van der Waals surface area contributed by atoms with Crippen LogP contribution in [-0.2, 0) is 6.54 Å². The molecule has 0 saturated heterocycles. The Balaban J connectivity index is 1.65. The van der Waals surface area contributed by atoms with Crippen molar-refractivity contribution in [1.82, 2.24) is 10.2 Å². The lowest BCUT2D eigenvalue weighted by atomic mass is 10.1. The van der Waals surface area contributed by atoms with Crippen LogP contribution in [0.3, 0.4) is 0 Å². The van der Waals surface area contributed by atoms with E-state index in [-0.39, 0.29) is 6.04 Å². The second-order valence-corrected chi connectivity index (χ2v) is 5.39. The van der Waals surface area contributed by atoms with Crippen molar-refractivity contribution >= 4 is 5.96 Å². The molecule has 3 nitrogen and oxygen atoms in total. The smallest absolute Gasteiger partial charge is 0.194 e. The van der Waals surface area contributed by atoms with Crippen LogP contribution in [0.2, 0.25) is 0 Å². The topological polar surface area (TPSA) is 27.6 Å². The molecule has 2 aromatic rings. The molecule has 0 bridgehead atoms. The van der Waals surface area contributed by atoms with Crippen LogP contribution >= 0.6 is 0 Å². The lowest BCUT2D eigenvalue weighted by Crippen LogP contribution is -2.39. The highest BCUT2D eigenvalue weighted by Crippen LogP contribution is 2.14. The zero-order valence-corrected chi connectivity index (χ0v) is 12.4. The highest BCUT2D eigenvalue weighted by Gasteiger charge is 2.19. The zero-order valence-electron chi connectivity index (χ0n) is 12.4. The molecule has 1 heterocycles. The molecule has 1 unspecified atom stereocenters. The van der Waals surface area contributed by atoms with Gasteiger partial charge in [0, 0.05) is 13.1 Å². The molecule has 0 saturated carbocycles. The van der Waals surface area contributed by atoms with Crippen molar-refractivity contribution in [3.8, 4) is 0 Å². The Bertz CT molecular complexity index is 592. The van der Waals surface area contributed by atoms with Gasteiger partial charge >= 0.3 is 0 Å². The van der Waals surface area contributed by atoms with Gasteiger partial charge in [0.2, 0.25) is 0 Å². The molecule has 0 amide bonds. The maximum atomic E-state index is 4.61. The molecule has 0 spiro atoms. The van der Waals surface area contributed by atoms with Crippen molar-refractivity contribution in [3.63, 3.8) is 0 Å². The van der Waals surface area contributed by atoms with Crippen molar-refractivity contribution in [2.45, 2.75) is 19.5 Å². The number of nitrogens with zero attached hydrogens (tertiary/aromatic N) is 2. The first-order valence-corrected chi connectivity index (χ1v) is 7.48. The van der Waals surface area contributed by atoms with Crippen molar-refractivity contribution in [2.75, 3.05) is 13.1 Å². The molecule has 108 valence electrons. The molecule has 3 rings (SSSR count). The van der Waals surface area contributed by atoms with Crippen LogP contribution in [0.25, 0.3) is 0 Å². The van der Waals surface area contributed by atoms with Gasteiger partial charge in [-0.3, -0.25) is 4.99 Å². The van der Waals surface area contributed by atoms with Gasteiger partial charge in [-0.25, -0.2) is 0 Å². The molecule has 2 aromatic carbocycles. The fraction of sp³-hybridized carbons (Fsp3) is 0.278. The minimum Gasteiger partial charge on any atom is -0.350 e. The van der Waals surface area contributed by atoms with Gasteiger partial charge in [-0.15, -0.1) is 0 Å². The molecule has 21 heavy (non-hydrogen) atoms. The Kier molecular flexibility index (Phi) is 4.20. The summed E-state index contributed by atoms with van der Waals surface area (Å²) in [6, 6.07) is 21.3. The summed E-state index contributed by atoms with van der Waals surface area (Å²) in [6.45, 7) is 4.94. The van der Waals surface area contributed by atoms with E-state index in [1.165, 1.54) is 11.1 Å². The van der Waals surface area contributed by atoms with E-state index < -0.39 is 0 Å². The molecule has 3 heteroatoms. The first-order valence-electron chi connectivity index (χ1n) is 7.48. The molecule has 0 radical (unpaired) electrons. The van der Waals surface area contributed by atoms with Gasteiger partial charge in [0.25, 0.3) is 0 Å². The van der Waals surface area contributed by atoms with Crippen LogP contribution in [-0.4, -0.2) is 23.9 Å². The average Bonchev–Trinajstić information content (AvgIpc) is 2.96. The van der Waals surface area contributed by atoms with Crippen LogP contribution in [0, 0.1) is 0 Å². The summed E-state index contributed by atoms with van der Waals surface area (Å²) in [5, 5.41) is 3.54. The quantitative estimate of drug-likeness (QED) is 0.930. The van der Waals surface area contributed by atoms with E-state index in [0.29, 0.717) is 0 Å². The Hall–Kier alpha value is -2.29. The molecule has 1 atom stereocenters. The normalized spacial score (nSPS) is 15.7. The lowest BCUT2D eigenvalue weighted by Gasteiger charge is -2.24. The number of aliphatic imine (C=N–C) groups is 1. The Morgan fingerprint density at radius 2 is 1.71 bits per heavy atom. The van der Waals surface area contributed by atoms with Gasteiger partial charge in [0.1, 0.15) is 0 Å². The lowest BCUT2D eigenvalue weighted by molar-refractivity contribution is 0.430. The molecule has 0 aliphatic carbocycles. The summed E-state index contributed by atoms with van der Waals surface area (Å²) in [4.78, 5) is 6.92. The first-order chi connectivity index (χ1) is 10.3. The van der Waals surface area contributed by atoms with Gasteiger partial charge in [0.15, 0.2) is 5.96 Å². The highest BCUT2D eigenvalue weighted by molar-refractivity contribution is 5.81. The molecule has 0 aromatic heterocycles. The van der Waals surface area contributed by atoms with Crippen LogP contribution in [0.4, 0.5) is 0 Å². The Morgan fingerprint density at radius 1 is 1.05 bits per heavy atom.